The van der Waals surface area contributed by atoms with Gasteiger partial charge in [-0.1, -0.05) is 16.4 Å². The molecule has 0 aliphatic heterocycles. The molecule has 11 nitrogen and oxygen atoms in total. The van der Waals surface area contributed by atoms with Crippen molar-refractivity contribution < 1.29 is 26.4 Å². The summed E-state index contributed by atoms with van der Waals surface area (Å²) in [6.07, 6.45) is 3.00. The van der Waals surface area contributed by atoms with Crippen LogP contribution in [0, 0.1) is 0 Å². The summed E-state index contributed by atoms with van der Waals surface area (Å²) in [6.45, 7) is 2.58. The average Bonchev–Trinajstić information content (AvgIpc) is 3.20. The van der Waals surface area contributed by atoms with Gasteiger partial charge in [0.2, 0.25) is 0 Å². The lowest BCUT2D eigenvalue weighted by molar-refractivity contribution is 0.141. The van der Waals surface area contributed by atoms with Crippen LogP contribution >= 0.6 is 11.3 Å². The number of hydrogen-bond donors (Lipinski definition) is 1. The van der Waals surface area contributed by atoms with Crippen molar-refractivity contribution in [2.24, 2.45) is 0 Å². The quantitative estimate of drug-likeness (QED) is 0.599. The molecule has 26 heavy (non-hydrogen) atoms. The lowest BCUT2D eigenvalue weighted by atomic mass is 10.5. The van der Waals surface area contributed by atoms with Crippen LogP contribution in [0.2, 0.25) is 0 Å². The predicted octanol–water partition coefficient (Wildman–Crippen LogP) is 0.161. The number of nitrogens with one attached hydrogen (secondary N) is 1. The van der Waals surface area contributed by atoms with Crippen LogP contribution in [0.5, 0.6) is 0 Å². The molecular formula is C12H17N5O6S3. The molecule has 144 valence electrons. The number of aromatic nitrogens is 2. The smallest absolute Gasteiger partial charge is 0.424 e. The van der Waals surface area contributed by atoms with Gasteiger partial charge in [-0.2, -0.15) is 21.1 Å². The molecular weight excluding hydrogens is 406 g/mol. The van der Waals surface area contributed by atoms with Gasteiger partial charge in [0.25, 0.3) is 10.2 Å². The molecule has 0 aliphatic rings. The van der Waals surface area contributed by atoms with Crippen molar-refractivity contribution in [1.29, 1.82) is 0 Å². The number of carbonyl (C=O) groups excluding carboxylic acids is 1. The van der Waals surface area contributed by atoms with Gasteiger partial charge in [0.1, 0.15) is 17.8 Å². The minimum absolute atomic E-state index is 0.177. The Balaban J connectivity index is 2.42. The monoisotopic (exact) mass is 423 g/mol. The average molecular weight is 423 g/mol. The standard InChI is InChI=1S/C12H17N5O6S3/c1-4-5-23-12(18)15(3)26(21,22)17(25(19,20)13-2)7-10-8-24-11-6-14-9-16(10)11/h4,6,8-9,13H,1,5,7H2,2-3H3. The van der Waals surface area contributed by atoms with Gasteiger partial charge in [-0.25, -0.2) is 14.5 Å². The van der Waals surface area contributed by atoms with Crippen LogP contribution in [0.1, 0.15) is 5.69 Å². The van der Waals surface area contributed by atoms with E-state index in [4.69, 9.17) is 0 Å². The first kappa shape index (κ1) is 20.3. The summed E-state index contributed by atoms with van der Waals surface area (Å²) < 4.78 is 58.6. The number of imidazole rings is 1. The third kappa shape index (κ3) is 3.88. The zero-order valence-corrected chi connectivity index (χ0v) is 16.3. The molecule has 0 radical (unpaired) electrons. The Kier molecular flexibility index (Phi) is 6.02. The number of fused-ring (bicyclic) bond motifs is 1. The third-order valence-electron chi connectivity index (χ3n) is 3.23. The molecule has 1 N–H and O–H groups in total. The zero-order valence-electron chi connectivity index (χ0n) is 13.9. The maximum absolute atomic E-state index is 12.7. The largest absolute Gasteiger partial charge is 0.444 e. The number of hydrogen-bond acceptors (Lipinski definition) is 8. The highest BCUT2D eigenvalue weighted by molar-refractivity contribution is 8.02. The summed E-state index contributed by atoms with van der Waals surface area (Å²) >= 11 is 1.26. The van der Waals surface area contributed by atoms with E-state index in [1.54, 1.807) is 16.0 Å². The van der Waals surface area contributed by atoms with Gasteiger partial charge >= 0.3 is 16.3 Å². The number of carbonyl (C=O) groups is 1. The number of amides is 1. The van der Waals surface area contributed by atoms with Crippen LogP contribution in [0.25, 0.3) is 4.83 Å². The molecule has 2 heterocycles. The molecule has 0 atom stereocenters. The SMILES string of the molecule is C=CCOC(=O)N(C)S(=O)(=O)N(Cc1csc2cncn12)S(=O)(=O)NC. The van der Waals surface area contributed by atoms with Gasteiger partial charge in [-0.05, 0) is 0 Å². The Morgan fingerprint density at radius 1 is 1.46 bits per heavy atom. The van der Waals surface area contributed by atoms with E-state index >= 15 is 0 Å². The second kappa shape index (κ2) is 7.71. The fourth-order valence-electron chi connectivity index (χ4n) is 1.86. The van der Waals surface area contributed by atoms with Crippen LogP contribution in [0.4, 0.5) is 4.79 Å². The Labute approximate surface area is 154 Å². The number of thiazole rings is 1. The molecule has 0 spiro atoms. The van der Waals surface area contributed by atoms with Gasteiger partial charge in [-0.15, -0.1) is 11.3 Å². The topological polar surface area (TPSA) is 130 Å². The molecule has 0 aromatic carbocycles. The van der Waals surface area contributed by atoms with E-state index in [-0.39, 0.29) is 14.6 Å². The van der Waals surface area contributed by atoms with Crippen molar-refractivity contribution in [3.63, 3.8) is 0 Å². The van der Waals surface area contributed by atoms with E-state index in [9.17, 15) is 21.6 Å². The zero-order chi connectivity index (χ0) is 19.5. The Bertz CT molecular complexity index is 1010. The number of nitrogens with zero attached hydrogens (tertiary/aromatic N) is 4. The minimum Gasteiger partial charge on any atom is -0.444 e. The Morgan fingerprint density at radius 3 is 2.77 bits per heavy atom. The van der Waals surface area contributed by atoms with Crippen molar-refractivity contribution in [3.8, 4) is 0 Å². The van der Waals surface area contributed by atoms with Crippen LogP contribution in [-0.4, -0.2) is 61.0 Å². The Morgan fingerprint density at radius 2 is 2.15 bits per heavy atom. The molecule has 2 rings (SSSR count). The fourth-order valence-corrected chi connectivity index (χ4v) is 5.54. The van der Waals surface area contributed by atoms with E-state index in [0.29, 0.717) is 10.5 Å². The van der Waals surface area contributed by atoms with Crippen LogP contribution < -0.4 is 4.72 Å². The van der Waals surface area contributed by atoms with E-state index in [2.05, 4.69) is 16.3 Å². The molecule has 2 aromatic rings. The fraction of sp³-hybridized carbons (Fsp3) is 0.333. The van der Waals surface area contributed by atoms with Crippen molar-refractivity contribution in [1.82, 2.24) is 22.1 Å². The van der Waals surface area contributed by atoms with E-state index in [1.807, 2.05) is 4.72 Å². The maximum atomic E-state index is 12.7. The van der Waals surface area contributed by atoms with Gasteiger partial charge in [-0.3, -0.25) is 4.40 Å². The molecule has 2 aromatic heterocycles. The van der Waals surface area contributed by atoms with Gasteiger partial charge in [0, 0.05) is 19.5 Å². The van der Waals surface area contributed by atoms with Crippen molar-refractivity contribution >= 4 is 42.7 Å². The first-order valence-electron chi connectivity index (χ1n) is 7.01. The first-order chi connectivity index (χ1) is 12.1. The van der Waals surface area contributed by atoms with Crippen LogP contribution in [-0.2, 0) is 31.7 Å². The minimum atomic E-state index is -4.75. The van der Waals surface area contributed by atoms with Gasteiger partial charge in [0.05, 0.1) is 18.4 Å². The van der Waals surface area contributed by atoms with E-state index in [1.165, 1.54) is 23.7 Å². The summed E-state index contributed by atoms with van der Waals surface area (Å²) in [5, 5.41) is 1.60. The molecule has 0 saturated carbocycles. The van der Waals surface area contributed by atoms with Crippen molar-refractivity contribution in [2.45, 2.75) is 6.54 Å². The predicted molar refractivity (Wildman–Crippen MR) is 94.8 cm³/mol. The maximum Gasteiger partial charge on any atom is 0.424 e. The Hall–Kier alpha value is -2.00. The number of rotatable bonds is 8. The molecule has 0 aliphatic carbocycles. The molecule has 0 fully saturated rings. The molecule has 0 saturated heterocycles. The summed E-state index contributed by atoms with van der Waals surface area (Å²) in [5.41, 5.74) is 0.359. The molecule has 0 unspecified atom stereocenters. The van der Waals surface area contributed by atoms with E-state index < -0.39 is 33.1 Å². The second-order valence-corrected chi connectivity index (χ2v) is 9.61. The first-order valence-corrected chi connectivity index (χ1v) is 10.7. The second-order valence-electron chi connectivity index (χ2n) is 4.81. The highest BCUT2D eigenvalue weighted by atomic mass is 32.3. The third-order valence-corrected chi connectivity index (χ3v) is 7.99. The van der Waals surface area contributed by atoms with Crippen molar-refractivity contribution in [2.75, 3.05) is 20.7 Å². The summed E-state index contributed by atoms with van der Waals surface area (Å²) in [5.74, 6) is 0. The highest BCUT2D eigenvalue weighted by Crippen LogP contribution is 2.21. The van der Waals surface area contributed by atoms with E-state index in [0.717, 1.165) is 14.1 Å². The van der Waals surface area contributed by atoms with Crippen molar-refractivity contribution in [3.05, 3.63) is 36.3 Å². The lowest BCUT2D eigenvalue weighted by Crippen LogP contribution is -2.50. The summed E-state index contributed by atoms with van der Waals surface area (Å²) in [6, 6.07) is 0. The lowest BCUT2D eigenvalue weighted by Gasteiger charge is -2.25. The van der Waals surface area contributed by atoms with Gasteiger partial charge in [0.15, 0.2) is 0 Å². The number of ether oxygens (including phenoxy) is 1. The molecule has 0 bridgehead atoms. The highest BCUT2D eigenvalue weighted by Gasteiger charge is 2.39. The molecule has 1 amide bonds. The van der Waals surface area contributed by atoms with Crippen LogP contribution in [0.3, 0.4) is 0 Å². The summed E-state index contributed by atoms with van der Waals surface area (Å²) in [4.78, 5) is 16.5. The normalized spacial score (nSPS) is 12.4. The summed E-state index contributed by atoms with van der Waals surface area (Å²) in [7, 11) is -7.23. The van der Waals surface area contributed by atoms with Crippen LogP contribution in [0.15, 0.2) is 30.6 Å². The molecule has 14 heteroatoms. The van der Waals surface area contributed by atoms with Gasteiger partial charge < -0.3 is 4.74 Å².